The second-order valence-corrected chi connectivity index (χ2v) is 7.20. The van der Waals surface area contributed by atoms with E-state index in [1.54, 1.807) is 0 Å². The van der Waals surface area contributed by atoms with Crippen molar-refractivity contribution in [2.45, 2.75) is 38.7 Å². The van der Waals surface area contributed by atoms with Gasteiger partial charge in [0.15, 0.2) is 5.60 Å². The van der Waals surface area contributed by atoms with Gasteiger partial charge < -0.3 is 19.9 Å². The minimum atomic E-state index is -0.849. The highest BCUT2D eigenvalue weighted by Gasteiger charge is 2.34. The van der Waals surface area contributed by atoms with Gasteiger partial charge in [-0.3, -0.25) is 4.79 Å². The van der Waals surface area contributed by atoms with E-state index < -0.39 is 5.60 Å². The molecule has 0 aliphatic carbocycles. The number of piperazine rings is 1. The second-order valence-electron chi connectivity index (χ2n) is 7.20. The summed E-state index contributed by atoms with van der Waals surface area (Å²) >= 11 is 0. The number of amides is 1. The highest BCUT2D eigenvalue weighted by Crippen LogP contribution is 2.27. The fourth-order valence-electron chi connectivity index (χ4n) is 3.48. The molecule has 2 aliphatic heterocycles. The number of hydrogen-bond acceptors (Lipinski definition) is 4. The van der Waals surface area contributed by atoms with E-state index in [1.807, 2.05) is 30.9 Å². The van der Waals surface area contributed by atoms with Crippen molar-refractivity contribution in [2.24, 2.45) is 0 Å². The van der Waals surface area contributed by atoms with Gasteiger partial charge in [0.25, 0.3) is 5.91 Å². The number of piperidine rings is 1. The molecule has 5 nitrogen and oxygen atoms in total. The first-order valence-electron chi connectivity index (χ1n) is 9.10. The summed E-state index contributed by atoms with van der Waals surface area (Å²) in [5.74, 6) is 0.832. The molecule has 132 valence electrons. The predicted molar refractivity (Wildman–Crippen MR) is 96.7 cm³/mol. The van der Waals surface area contributed by atoms with Crippen LogP contribution in [0.4, 0.5) is 5.69 Å². The van der Waals surface area contributed by atoms with Crippen LogP contribution in [0, 0.1) is 0 Å². The largest absolute Gasteiger partial charge is 0.478 e. The van der Waals surface area contributed by atoms with Gasteiger partial charge in [-0.2, -0.15) is 0 Å². The molecule has 2 fully saturated rings. The van der Waals surface area contributed by atoms with Gasteiger partial charge in [0.1, 0.15) is 5.75 Å². The summed E-state index contributed by atoms with van der Waals surface area (Å²) < 4.78 is 6.11. The standard InChI is InChI=1S/C19H29N3O2/c1-19(2,18(23)22-13-9-20-10-14-22)24-17-8-6-7-16(15-17)21-11-4-3-5-12-21/h6-8,15,20H,3-5,9-14H2,1-2H3. The summed E-state index contributed by atoms with van der Waals surface area (Å²) in [7, 11) is 0. The lowest BCUT2D eigenvalue weighted by Crippen LogP contribution is -2.54. The van der Waals surface area contributed by atoms with Crippen LogP contribution in [0.5, 0.6) is 5.75 Å². The maximum absolute atomic E-state index is 12.8. The zero-order valence-corrected chi connectivity index (χ0v) is 14.9. The maximum atomic E-state index is 12.8. The third-order valence-electron chi connectivity index (χ3n) is 4.83. The minimum absolute atomic E-state index is 0.0624. The summed E-state index contributed by atoms with van der Waals surface area (Å²) in [4.78, 5) is 17.1. The second kappa shape index (κ2) is 7.43. The van der Waals surface area contributed by atoms with Crippen LogP contribution < -0.4 is 15.0 Å². The molecule has 1 aromatic rings. The number of carbonyl (C=O) groups excluding carboxylic acids is 1. The number of benzene rings is 1. The van der Waals surface area contributed by atoms with Crippen molar-refractivity contribution in [3.63, 3.8) is 0 Å². The summed E-state index contributed by atoms with van der Waals surface area (Å²) in [6.45, 7) is 9.15. The van der Waals surface area contributed by atoms with E-state index >= 15 is 0 Å². The van der Waals surface area contributed by atoms with E-state index in [4.69, 9.17) is 4.74 Å². The predicted octanol–water partition coefficient (Wildman–Crippen LogP) is 2.27. The van der Waals surface area contributed by atoms with Gasteiger partial charge in [-0.05, 0) is 45.2 Å². The van der Waals surface area contributed by atoms with E-state index in [9.17, 15) is 4.79 Å². The molecule has 1 amide bonds. The van der Waals surface area contributed by atoms with Crippen LogP contribution in [0.25, 0.3) is 0 Å². The summed E-state index contributed by atoms with van der Waals surface area (Å²) in [5.41, 5.74) is 0.343. The van der Waals surface area contributed by atoms with Crippen LogP contribution in [0.1, 0.15) is 33.1 Å². The average molecular weight is 331 g/mol. The Labute approximate surface area is 145 Å². The smallest absolute Gasteiger partial charge is 0.266 e. The number of ether oxygens (including phenoxy) is 1. The van der Waals surface area contributed by atoms with Crippen LogP contribution in [0.15, 0.2) is 24.3 Å². The number of carbonyl (C=O) groups is 1. The molecule has 0 bridgehead atoms. The Hall–Kier alpha value is -1.75. The summed E-state index contributed by atoms with van der Waals surface area (Å²) in [6.07, 6.45) is 3.81. The highest BCUT2D eigenvalue weighted by molar-refractivity contribution is 5.85. The zero-order chi connectivity index (χ0) is 17.0. The molecule has 0 radical (unpaired) electrons. The quantitative estimate of drug-likeness (QED) is 0.919. The Morgan fingerprint density at radius 3 is 2.50 bits per heavy atom. The van der Waals surface area contributed by atoms with E-state index in [0.717, 1.165) is 45.0 Å². The molecule has 2 heterocycles. The topological polar surface area (TPSA) is 44.8 Å². The van der Waals surface area contributed by atoms with Gasteiger partial charge in [0, 0.05) is 51.0 Å². The van der Waals surface area contributed by atoms with Gasteiger partial charge in [0.05, 0.1) is 0 Å². The number of rotatable bonds is 4. The lowest BCUT2D eigenvalue weighted by atomic mass is 10.1. The number of nitrogens with zero attached hydrogens (tertiary/aromatic N) is 2. The van der Waals surface area contributed by atoms with Crippen LogP contribution >= 0.6 is 0 Å². The lowest BCUT2D eigenvalue weighted by Gasteiger charge is -2.35. The van der Waals surface area contributed by atoms with E-state index in [0.29, 0.717) is 0 Å². The first-order chi connectivity index (χ1) is 11.6. The van der Waals surface area contributed by atoms with Gasteiger partial charge in [-0.15, -0.1) is 0 Å². The molecular formula is C19H29N3O2. The molecule has 0 aromatic heterocycles. The van der Waals surface area contributed by atoms with Crippen molar-refractivity contribution in [1.29, 1.82) is 0 Å². The Kier molecular flexibility index (Phi) is 5.29. The Bertz CT molecular complexity index is 561. The van der Waals surface area contributed by atoms with E-state index in [1.165, 1.54) is 24.9 Å². The maximum Gasteiger partial charge on any atom is 0.266 e. The van der Waals surface area contributed by atoms with Gasteiger partial charge >= 0.3 is 0 Å². The molecule has 5 heteroatoms. The summed E-state index contributed by atoms with van der Waals surface area (Å²) in [5, 5.41) is 3.27. The van der Waals surface area contributed by atoms with Gasteiger partial charge in [-0.1, -0.05) is 6.07 Å². The SMILES string of the molecule is CC(C)(Oc1cccc(N2CCCCC2)c1)C(=O)N1CCNCC1. The molecule has 0 atom stereocenters. The van der Waals surface area contributed by atoms with Crippen LogP contribution in [-0.2, 0) is 4.79 Å². The Balaban J connectivity index is 1.68. The van der Waals surface area contributed by atoms with E-state index in [2.05, 4.69) is 22.3 Å². The fraction of sp³-hybridized carbons (Fsp3) is 0.632. The van der Waals surface area contributed by atoms with Gasteiger partial charge in [-0.25, -0.2) is 0 Å². The molecule has 2 saturated heterocycles. The first kappa shape index (κ1) is 17.1. The van der Waals surface area contributed by atoms with Crippen LogP contribution in [-0.4, -0.2) is 55.7 Å². The highest BCUT2D eigenvalue weighted by atomic mass is 16.5. The van der Waals surface area contributed by atoms with Crippen molar-refractivity contribution in [1.82, 2.24) is 10.2 Å². The number of hydrogen-bond donors (Lipinski definition) is 1. The van der Waals surface area contributed by atoms with Crippen LogP contribution in [0.3, 0.4) is 0 Å². The minimum Gasteiger partial charge on any atom is -0.478 e. The fourth-order valence-corrected chi connectivity index (χ4v) is 3.48. The molecule has 3 rings (SSSR count). The Morgan fingerprint density at radius 2 is 1.79 bits per heavy atom. The molecule has 0 spiro atoms. The molecule has 2 aliphatic rings. The molecule has 1 N–H and O–H groups in total. The van der Waals surface area contributed by atoms with Crippen molar-refractivity contribution >= 4 is 11.6 Å². The normalized spacial score (nSPS) is 19.2. The molecular weight excluding hydrogens is 302 g/mol. The zero-order valence-electron chi connectivity index (χ0n) is 14.9. The van der Waals surface area contributed by atoms with Crippen molar-refractivity contribution in [3.8, 4) is 5.75 Å². The third-order valence-corrected chi connectivity index (χ3v) is 4.83. The molecule has 1 aromatic carbocycles. The number of nitrogens with one attached hydrogen (secondary N) is 1. The molecule has 24 heavy (non-hydrogen) atoms. The van der Waals surface area contributed by atoms with Crippen molar-refractivity contribution in [2.75, 3.05) is 44.2 Å². The van der Waals surface area contributed by atoms with Crippen molar-refractivity contribution in [3.05, 3.63) is 24.3 Å². The third kappa shape index (κ3) is 4.01. The molecule has 0 unspecified atom stereocenters. The monoisotopic (exact) mass is 331 g/mol. The van der Waals surface area contributed by atoms with Crippen molar-refractivity contribution < 1.29 is 9.53 Å². The summed E-state index contributed by atoms with van der Waals surface area (Å²) in [6, 6.07) is 8.16. The van der Waals surface area contributed by atoms with Gasteiger partial charge in [0.2, 0.25) is 0 Å². The first-order valence-corrected chi connectivity index (χ1v) is 9.10. The number of anilines is 1. The lowest BCUT2D eigenvalue weighted by molar-refractivity contribution is -0.146. The molecule has 0 saturated carbocycles. The average Bonchev–Trinajstić information content (AvgIpc) is 2.62. The van der Waals surface area contributed by atoms with Crippen LogP contribution in [0.2, 0.25) is 0 Å². The van der Waals surface area contributed by atoms with E-state index in [-0.39, 0.29) is 5.91 Å². The Morgan fingerprint density at radius 1 is 1.08 bits per heavy atom.